The minimum atomic E-state index is -1.34. The Bertz CT molecular complexity index is 2430. The van der Waals surface area contributed by atoms with E-state index in [9.17, 15) is 48.3 Å². The molecule has 0 unspecified atom stereocenters. The summed E-state index contributed by atoms with van der Waals surface area (Å²) in [7, 11) is 0. The fourth-order valence-electron chi connectivity index (χ4n) is 8.87. The Morgan fingerprint density at radius 3 is 1.62 bits per heavy atom. The second-order valence-corrected chi connectivity index (χ2v) is 21.2. The van der Waals surface area contributed by atoms with E-state index in [2.05, 4.69) is 57.2 Å². The lowest BCUT2D eigenvalue weighted by molar-refractivity contribution is -0.145. The average molecular weight is 1120 g/mol. The second kappa shape index (κ2) is 32.9. The lowest BCUT2D eigenvalue weighted by atomic mass is 9.96. The number of nitrogens with two attached hydrogens (primary N) is 5. The lowest BCUT2D eigenvalue weighted by Crippen LogP contribution is -2.62. The largest absolute Gasteiger partial charge is 0.480 e. The van der Waals surface area contributed by atoms with Crippen LogP contribution in [-0.4, -0.2) is 159 Å². The molecule has 0 spiro atoms. The molecule has 0 aliphatic carbocycles. The van der Waals surface area contributed by atoms with Gasteiger partial charge in [-0.25, -0.2) is 9.78 Å². The number of aliphatic imine (C=N–C) groups is 2. The maximum absolute atomic E-state index is 14.5. The summed E-state index contributed by atoms with van der Waals surface area (Å²) in [4.78, 5) is 141. The van der Waals surface area contributed by atoms with Gasteiger partial charge in [0.1, 0.15) is 48.3 Å². The third kappa shape index (κ3) is 21.4. The highest BCUT2D eigenvalue weighted by atomic mass is 16.4. The molecule has 1 fully saturated rings. The predicted molar refractivity (Wildman–Crippen MR) is 300 cm³/mol. The van der Waals surface area contributed by atoms with Crippen molar-refractivity contribution in [2.75, 3.05) is 19.6 Å². The number of carboxylic acid groups (broad SMARTS) is 1. The molecule has 80 heavy (non-hydrogen) atoms. The van der Waals surface area contributed by atoms with Crippen molar-refractivity contribution in [3.63, 3.8) is 0 Å². The van der Waals surface area contributed by atoms with Crippen molar-refractivity contribution in [3.8, 4) is 0 Å². The molecule has 0 saturated carbocycles. The minimum absolute atomic E-state index is 0.000972. The third-order valence-corrected chi connectivity index (χ3v) is 13.7. The summed E-state index contributed by atoms with van der Waals surface area (Å²) in [5.41, 5.74) is 28.8. The van der Waals surface area contributed by atoms with Gasteiger partial charge in [0.15, 0.2) is 11.9 Å². The molecule has 1 saturated heterocycles. The highest BCUT2D eigenvalue weighted by Gasteiger charge is 2.42. The molecular weight excluding hydrogens is 1030 g/mol. The van der Waals surface area contributed by atoms with Crippen molar-refractivity contribution in [2.45, 2.75) is 168 Å². The van der Waals surface area contributed by atoms with Gasteiger partial charge < -0.3 is 80.9 Å². The molecule has 2 aromatic rings. The number of carbonyl (C=O) groups excluding carboxylic acids is 8. The zero-order valence-corrected chi connectivity index (χ0v) is 47.3. The van der Waals surface area contributed by atoms with Gasteiger partial charge in [0.05, 0.1) is 12.4 Å². The lowest BCUT2D eigenvalue weighted by Gasteiger charge is -2.33. The maximum atomic E-state index is 14.5. The first-order valence-corrected chi connectivity index (χ1v) is 27.3. The number of hydrogen-bond acceptors (Lipinski definition) is 13. The standard InChI is InChI=1S/C53H87N17O10/c1-9-31(8)42(50(78)70-23-15-20-38(70)46(74)63-35(51(79)80)19-14-22-61-53(57)58)69-45(73)37(25-33-26-59-27-62-33)65-48(76)40(29(4)5)68-49(77)41(30(6)7)67-44(72)36(24-32-16-11-10-12-17-32)64-47(75)39(28(2)3)66-43(71)34(54)18-13-21-60-52(55)56/h10-12,16-17,26-31,34-42H,9,13-15,18-25,54H2,1-8H3,(H,59,62)(H,63,74)(H,64,75)(H,65,76)(H,66,71)(H,67,72)(H,68,77)(H,69,73)(H,79,80)(H4,55,56,60)(H4,57,58,61)/t31-,34-,35-,36-,37-,38-,39-,40-,41-,42-/m0/s1. The summed E-state index contributed by atoms with van der Waals surface area (Å²) in [6.45, 7) is 14.3. The molecule has 27 nitrogen and oxygen atoms in total. The van der Waals surface area contributed by atoms with Crippen molar-refractivity contribution in [2.24, 2.45) is 62.3 Å². The first-order chi connectivity index (χ1) is 37.7. The number of benzene rings is 1. The maximum Gasteiger partial charge on any atom is 0.326 e. The molecule has 1 aliphatic heterocycles. The van der Waals surface area contributed by atoms with E-state index in [1.54, 1.807) is 78.8 Å². The number of imidazole rings is 1. The van der Waals surface area contributed by atoms with Gasteiger partial charge in [-0.15, -0.1) is 0 Å². The SMILES string of the molecule is CC[C@H](C)[C@H](NC(=O)[C@H](Cc1cnc[nH]1)NC(=O)[C@@H](NC(=O)[C@@H](NC(=O)[C@H](Cc1ccccc1)NC(=O)[C@@H](NC(=O)[C@@H](N)CCCN=C(N)N)C(C)C)C(C)C)C(C)C)C(=O)N1CCC[C@H]1C(=O)N[C@@H](CCCN=C(N)N)C(=O)O. The van der Waals surface area contributed by atoms with Gasteiger partial charge in [-0.1, -0.05) is 92.1 Å². The Morgan fingerprint density at radius 1 is 0.650 bits per heavy atom. The molecule has 10 atom stereocenters. The van der Waals surface area contributed by atoms with Crippen LogP contribution in [0.25, 0.3) is 0 Å². The monoisotopic (exact) mass is 1120 g/mol. The number of nitrogens with zero attached hydrogens (tertiary/aromatic N) is 4. The van der Waals surface area contributed by atoms with Crippen LogP contribution in [0.2, 0.25) is 0 Å². The fourth-order valence-corrected chi connectivity index (χ4v) is 8.87. The van der Waals surface area contributed by atoms with Crippen LogP contribution in [0.3, 0.4) is 0 Å². The Morgan fingerprint density at radius 2 is 1.14 bits per heavy atom. The molecule has 1 aliphatic rings. The molecule has 0 radical (unpaired) electrons. The van der Waals surface area contributed by atoms with Crippen molar-refractivity contribution in [3.05, 3.63) is 54.1 Å². The van der Waals surface area contributed by atoms with Gasteiger partial charge in [-0.3, -0.25) is 48.3 Å². The third-order valence-electron chi connectivity index (χ3n) is 13.7. The molecule has 3 rings (SSSR count). The van der Waals surface area contributed by atoms with Gasteiger partial charge in [-0.05, 0) is 67.8 Å². The topological polar surface area (TPSA) is 445 Å². The van der Waals surface area contributed by atoms with Gasteiger partial charge in [-0.2, -0.15) is 0 Å². The van der Waals surface area contributed by atoms with Crippen LogP contribution in [0.15, 0.2) is 52.8 Å². The van der Waals surface area contributed by atoms with Crippen molar-refractivity contribution in [1.29, 1.82) is 0 Å². The number of carbonyl (C=O) groups is 9. The summed E-state index contributed by atoms with van der Waals surface area (Å²) in [6, 6.07) is -1.86. The number of hydrogen-bond donors (Lipinski definition) is 14. The second-order valence-electron chi connectivity index (χ2n) is 21.2. The first-order valence-electron chi connectivity index (χ1n) is 27.3. The van der Waals surface area contributed by atoms with Crippen LogP contribution in [0.1, 0.15) is 112 Å². The summed E-state index contributed by atoms with van der Waals surface area (Å²) in [6.07, 6.45) is 4.73. The average Bonchev–Trinajstić information content (AvgIpc) is 4.12. The number of carboxylic acids is 1. The Labute approximate surface area is 467 Å². The Balaban J connectivity index is 1.85. The van der Waals surface area contributed by atoms with Gasteiger partial charge in [0.2, 0.25) is 47.3 Å². The Hall–Kier alpha value is -7.84. The molecule has 27 heteroatoms. The molecule has 444 valence electrons. The van der Waals surface area contributed by atoms with E-state index in [0.29, 0.717) is 30.5 Å². The van der Waals surface area contributed by atoms with Crippen LogP contribution in [-0.2, 0) is 56.0 Å². The molecule has 1 aromatic carbocycles. The highest BCUT2D eigenvalue weighted by Crippen LogP contribution is 2.23. The predicted octanol–water partition coefficient (Wildman–Crippen LogP) is -1.89. The molecule has 2 heterocycles. The van der Waals surface area contributed by atoms with Crippen molar-refractivity contribution < 1.29 is 48.3 Å². The Kier molecular flexibility index (Phi) is 27.3. The smallest absolute Gasteiger partial charge is 0.326 e. The molecule has 1 aromatic heterocycles. The van der Waals surface area contributed by atoms with Crippen LogP contribution >= 0.6 is 0 Å². The van der Waals surface area contributed by atoms with Crippen LogP contribution < -0.4 is 65.9 Å². The van der Waals surface area contributed by atoms with E-state index < -0.39 is 131 Å². The number of guanidine groups is 2. The molecular formula is C53H87N17O10. The van der Waals surface area contributed by atoms with E-state index in [-0.39, 0.29) is 70.1 Å². The summed E-state index contributed by atoms with van der Waals surface area (Å²) >= 11 is 0. The van der Waals surface area contributed by atoms with Crippen LogP contribution in [0.4, 0.5) is 0 Å². The van der Waals surface area contributed by atoms with Crippen LogP contribution in [0.5, 0.6) is 0 Å². The van der Waals surface area contributed by atoms with Gasteiger partial charge in [0, 0.05) is 44.4 Å². The zero-order valence-electron chi connectivity index (χ0n) is 47.3. The van der Waals surface area contributed by atoms with Gasteiger partial charge in [0.25, 0.3) is 0 Å². The van der Waals surface area contributed by atoms with Gasteiger partial charge >= 0.3 is 5.97 Å². The highest BCUT2D eigenvalue weighted by molar-refractivity contribution is 5.98. The number of aliphatic carboxylic acids is 1. The quantitative estimate of drug-likeness (QED) is 0.0211. The summed E-state index contributed by atoms with van der Waals surface area (Å²) in [5, 5.41) is 29.0. The summed E-state index contributed by atoms with van der Waals surface area (Å²) < 4.78 is 0. The molecule has 19 N–H and O–H groups in total. The number of likely N-dealkylation sites (tertiary alicyclic amines) is 1. The number of amides is 8. The normalized spacial score (nSPS) is 16.6. The fraction of sp³-hybridized carbons (Fsp3) is 0.623. The van der Waals surface area contributed by atoms with Crippen molar-refractivity contribution in [1.82, 2.24) is 52.1 Å². The van der Waals surface area contributed by atoms with E-state index >= 15 is 0 Å². The van der Waals surface area contributed by atoms with E-state index in [1.165, 1.54) is 17.4 Å². The first kappa shape index (κ1) is 66.4. The molecule has 0 bridgehead atoms. The van der Waals surface area contributed by atoms with E-state index in [4.69, 9.17) is 28.7 Å². The zero-order chi connectivity index (χ0) is 59.8. The van der Waals surface area contributed by atoms with Crippen molar-refractivity contribution >= 4 is 65.1 Å². The van der Waals surface area contributed by atoms with E-state index in [1.807, 2.05) is 6.92 Å². The summed E-state index contributed by atoms with van der Waals surface area (Å²) in [5.74, 6) is -9.08. The number of rotatable bonds is 33. The van der Waals surface area contributed by atoms with E-state index in [0.717, 1.165) is 0 Å². The number of H-pyrrole nitrogens is 1. The number of nitrogens with one attached hydrogen (secondary N) is 8. The molecule has 8 amide bonds. The number of aromatic nitrogens is 2. The van der Waals surface area contributed by atoms with Crippen LogP contribution in [0, 0.1) is 23.7 Å². The number of aromatic amines is 1. The minimum Gasteiger partial charge on any atom is -0.480 e.